The van der Waals surface area contributed by atoms with E-state index in [9.17, 15) is 13.2 Å². The Balaban J connectivity index is 2.01. The molecule has 2 heterocycles. The summed E-state index contributed by atoms with van der Waals surface area (Å²) >= 11 is 0. The largest absolute Gasteiger partial charge is 0.305 e. The summed E-state index contributed by atoms with van der Waals surface area (Å²) in [5.74, 6) is 0. The van der Waals surface area contributed by atoms with Gasteiger partial charge in [0.15, 0.2) is 0 Å². The molecule has 0 unspecified atom stereocenters. The Morgan fingerprint density at radius 2 is 1.72 bits per heavy atom. The van der Waals surface area contributed by atoms with E-state index in [4.69, 9.17) is 0 Å². The molecule has 0 amide bonds. The fourth-order valence-corrected chi connectivity index (χ4v) is 4.80. The van der Waals surface area contributed by atoms with Crippen LogP contribution in [0.1, 0.15) is 18.3 Å². The Morgan fingerprint density at radius 3 is 2.34 bits per heavy atom. The van der Waals surface area contributed by atoms with E-state index in [2.05, 4.69) is 10.1 Å². The highest BCUT2D eigenvalue weighted by Crippen LogP contribution is 2.27. The number of para-hydroxylation sites is 1. The third-order valence-electron chi connectivity index (χ3n) is 5.54. The highest BCUT2D eigenvalue weighted by Gasteiger charge is 2.23. The first-order chi connectivity index (χ1) is 15.2. The van der Waals surface area contributed by atoms with Crippen LogP contribution in [-0.4, -0.2) is 46.1 Å². The SMILES string of the molecule is CCn1c(=O)c(-c2c(C)nn(-c3ccccc3)c2C)nc2cc(S(=O)(=O)N(C)C)ccc21. The monoisotopic (exact) mass is 451 g/mol. The van der Waals surface area contributed by atoms with Gasteiger partial charge in [-0.2, -0.15) is 5.10 Å². The molecule has 2 aromatic heterocycles. The van der Waals surface area contributed by atoms with Crippen molar-refractivity contribution in [2.75, 3.05) is 14.1 Å². The van der Waals surface area contributed by atoms with Gasteiger partial charge in [-0.05, 0) is 51.1 Å². The molecule has 0 saturated heterocycles. The number of benzene rings is 2. The average Bonchev–Trinajstić information content (AvgIpc) is 3.07. The van der Waals surface area contributed by atoms with Crippen molar-refractivity contribution in [2.24, 2.45) is 0 Å². The summed E-state index contributed by atoms with van der Waals surface area (Å²) in [6, 6.07) is 14.3. The number of fused-ring (bicyclic) bond motifs is 1. The summed E-state index contributed by atoms with van der Waals surface area (Å²) in [6.45, 7) is 6.05. The number of hydrogen-bond donors (Lipinski definition) is 0. The van der Waals surface area contributed by atoms with Gasteiger partial charge in [-0.25, -0.2) is 22.4 Å². The summed E-state index contributed by atoms with van der Waals surface area (Å²) in [6.07, 6.45) is 0. The molecule has 0 N–H and O–H groups in total. The zero-order valence-electron chi connectivity index (χ0n) is 18.7. The van der Waals surface area contributed by atoms with Crippen molar-refractivity contribution in [3.8, 4) is 16.9 Å². The van der Waals surface area contributed by atoms with E-state index < -0.39 is 10.0 Å². The Bertz CT molecular complexity index is 1490. The van der Waals surface area contributed by atoms with Gasteiger partial charge in [0.1, 0.15) is 5.69 Å². The maximum atomic E-state index is 13.4. The van der Waals surface area contributed by atoms with Gasteiger partial charge >= 0.3 is 0 Å². The highest BCUT2D eigenvalue weighted by molar-refractivity contribution is 7.89. The zero-order chi connectivity index (χ0) is 23.2. The predicted molar refractivity (Wildman–Crippen MR) is 125 cm³/mol. The lowest BCUT2D eigenvalue weighted by molar-refractivity contribution is 0.521. The van der Waals surface area contributed by atoms with E-state index in [1.54, 1.807) is 15.3 Å². The number of rotatable bonds is 5. The summed E-state index contributed by atoms with van der Waals surface area (Å²) in [5.41, 5.74) is 4.06. The van der Waals surface area contributed by atoms with E-state index in [-0.39, 0.29) is 16.1 Å². The minimum Gasteiger partial charge on any atom is -0.305 e. The normalized spacial score (nSPS) is 12.1. The van der Waals surface area contributed by atoms with E-state index in [0.717, 1.165) is 15.7 Å². The van der Waals surface area contributed by atoms with Gasteiger partial charge in [-0.15, -0.1) is 0 Å². The summed E-state index contributed by atoms with van der Waals surface area (Å²) in [5, 5.41) is 4.64. The molecule has 4 rings (SSSR count). The van der Waals surface area contributed by atoms with Crippen molar-refractivity contribution < 1.29 is 8.42 Å². The van der Waals surface area contributed by atoms with Gasteiger partial charge in [0.25, 0.3) is 5.56 Å². The smallest absolute Gasteiger partial charge is 0.277 e. The molecule has 0 atom stereocenters. The summed E-state index contributed by atoms with van der Waals surface area (Å²) < 4.78 is 29.8. The molecule has 0 radical (unpaired) electrons. The minimum absolute atomic E-state index is 0.128. The number of nitrogens with zero attached hydrogens (tertiary/aromatic N) is 5. The number of aromatic nitrogens is 4. The lowest BCUT2D eigenvalue weighted by Crippen LogP contribution is -2.24. The van der Waals surface area contributed by atoms with E-state index in [1.165, 1.54) is 26.2 Å². The zero-order valence-corrected chi connectivity index (χ0v) is 19.5. The fraction of sp³-hybridized carbons (Fsp3) is 0.261. The molecule has 0 fully saturated rings. The van der Waals surface area contributed by atoms with Crippen molar-refractivity contribution in [2.45, 2.75) is 32.2 Å². The van der Waals surface area contributed by atoms with Gasteiger partial charge in [0, 0.05) is 20.6 Å². The highest BCUT2D eigenvalue weighted by atomic mass is 32.2. The molecule has 0 saturated carbocycles. The van der Waals surface area contributed by atoms with Gasteiger partial charge in [0.05, 0.1) is 38.6 Å². The number of sulfonamides is 1. The molecule has 9 heteroatoms. The summed E-state index contributed by atoms with van der Waals surface area (Å²) in [7, 11) is -0.670. The first-order valence-corrected chi connectivity index (χ1v) is 11.7. The molecule has 32 heavy (non-hydrogen) atoms. The molecule has 0 bridgehead atoms. The van der Waals surface area contributed by atoms with Gasteiger partial charge in [0.2, 0.25) is 10.0 Å². The van der Waals surface area contributed by atoms with Crippen LogP contribution >= 0.6 is 0 Å². The van der Waals surface area contributed by atoms with Crippen molar-refractivity contribution in [3.05, 3.63) is 70.3 Å². The van der Waals surface area contributed by atoms with Crippen LogP contribution in [0.4, 0.5) is 0 Å². The maximum Gasteiger partial charge on any atom is 0.277 e. The van der Waals surface area contributed by atoms with Crippen LogP contribution in [0.15, 0.2) is 58.2 Å². The van der Waals surface area contributed by atoms with Crippen molar-refractivity contribution in [1.82, 2.24) is 23.6 Å². The van der Waals surface area contributed by atoms with E-state index in [0.29, 0.717) is 28.8 Å². The van der Waals surface area contributed by atoms with Gasteiger partial charge in [-0.3, -0.25) is 4.79 Å². The molecule has 2 aromatic carbocycles. The molecular formula is C23H25N5O3S. The molecule has 0 aliphatic rings. The Morgan fingerprint density at radius 1 is 1.03 bits per heavy atom. The molecular weight excluding hydrogens is 426 g/mol. The van der Waals surface area contributed by atoms with Crippen LogP contribution in [-0.2, 0) is 16.6 Å². The quantitative estimate of drug-likeness (QED) is 0.465. The first-order valence-electron chi connectivity index (χ1n) is 10.3. The minimum atomic E-state index is -3.63. The van der Waals surface area contributed by atoms with Crippen LogP contribution in [0.25, 0.3) is 28.0 Å². The van der Waals surface area contributed by atoms with Crippen LogP contribution in [0, 0.1) is 13.8 Å². The van der Waals surface area contributed by atoms with Gasteiger partial charge < -0.3 is 4.57 Å². The molecule has 166 valence electrons. The topological polar surface area (TPSA) is 90.1 Å². The van der Waals surface area contributed by atoms with Crippen LogP contribution in [0.2, 0.25) is 0 Å². The third kappa shape index (κ3) is 3.43. The lowest BCUT2D eigenvalue weighted by Gasteiger charge is -2.14. The first kappa shape index (κ1) is 21.9. The molecule has 0 aliphatic carbocycles. The standard InChI is InChI=1S/C23H25N5O3S/c1-6-27-20-13-12-18(32(30,31)26(4)5)14-19(20)24-22(23(27)29)21-15(2)25-28(16(21)3)17-10-8-7-9-11-17/h7-14H,6H2,1-5H3. The third-order valence-corrected chi connectivity index (χ3v) is 7.35. The predicted octanol–water partition coefficient (Wildman–Crippen LogP) is 3.14. The molecule has 8 nitrogen and oxygen atoms in total. The fourth-order valence-electron chi connectivity index (χ4n) is 3.88. The van der Waals surface area contributed by atoms with Crippen molar-refractivity contribution in [1.29, 1.82) is 0 Å². The van der Waals surface area contributed by atoms with E-state index in [1.807, 2.05) is 51.1 Å². The molecule has 4 aromatic rings. The second kappa shape index (κ2) is 7.99. The Labute approximate surface area is 186 Å². The molecule has 0 spiro atoms. The summed E-state index contributed by atoms with van der Waals surface area (Å²) in [4.78, 5) is 18.2. The maximum absolute atomic E-state index is 13.4. The number of aryl methyl sites for hydroxylation is 2. The Kier molecular flexibility index (Phi) is 5.47. The second-order valence-electron chi connectivity index (χ2n) is 7.74. The van der Waals surface area contributed by atoms with Crippen LogP contribution < -0.4 is 5.56 Å². The van der Waals surface area contributed by atoms with Crippen LogP contribution in [0.3, 0.4) is 0 Å². The van der Waals surface area contributed by atoms with Crippen molar-refractivity contribution >= 4 is 21.1 Å². The van der Waals surface area contributed by atoms with E-state index >= 15 is 0 Å². The lowest BCUT2D eigenvalue weighted by atomic mass is 10.1. The van der Waals surface area contributed by atoms with Crippen LogP contribution in [0.5, 0.6) is 0 Å². The van der Waals surface area contributed by atoms with Crippen molar-refractivity contribution in [3.63, 3.8) is 0 Å². The average molecular weight is 452 g/mol. The Hall–Kier alpha value is -3.30. The molecule has 0 aliphatic heterocycles. The van der Waals surface area contributed by atoms with Gasteiger partial charge in [-0.1, -0.05) is 18.2 Å². The number of hydrogen-bond acceptors (Lipinski definition) is 5. The second-order valence-corrected chi connectivity index (χ2v) is 9.89.